The smallest absolute Gasteiger partial charge is 0.0146 e. The topological polar surface area (TPSA) is 6.48 Å². The molecule has 0 aromatic rings. The van der Waals surface area contributed by atoms with E-state index in [4.69, 9.17) is 0 Å². The SMILES string of the molecule is CN(C)C1C2CC3CC1CC(C2)C3N(C)C. The highest BCUT2D eigenvalue weighted by Crippen LogP contribution is 2.55. The lowest BCUT2D eigenvalue weighted by Crippen LogP contribution is -2.61. The molecular weight excluding hydrogens is 196 g/mol. The zero-order chi connectivity index (χ0) is 11.4. The van der Waals surface area contributed by atoms with E-state index in [0.717, 1.165) is 35.8 Å². The van der Waals surface area contributed by atoms with Crippen LogP contribution in [0.5, 0.6) is 0 Å². The third-order valence-electron chi connectivity index (χ3n) is 5.55. The lowest BCUT2D eigenvalue weighted by Gasteiger charge is -2.60. The van der Waals surface area contributed by atoms with Crippen molar-refractivity contribution in [2.45, 2.75) is 37.8 Å². The van der Waals surface area contributed by atoms with E-state index in [1.54, 1.807) is 0 Å². The minimum Gasteiger partial charge on any atom is -0.306 e. The molecule has 0 aromatic carbocycles. The van der Waals surface area contributed by atoms with Crippen molar-refractivity contribution < 1.29 is 0 Å². The number of rotatable bonds is 2. The van der Waals surface area contributed by atoms with E-state index < -0.39 is 0 Å². The molecule has 4 aliphatic rings. The molecule has 0 radical (unpaired) electrons. The first-order chi connectivity index (χ1) is 7.58. The average Bonchev–Trinajstić information content (AvgIpc) is 2.14. The Kier molecular flexibility index (Phi) is 2.56. The summed E-state index contributed by atoms with van der Waals surface area (Å²) in [7, 11) is 9.15. The number of hydrogen-bond acceptors (Lipinski definition) is 2. The molecule has 4 bridgehead atoms. The van der Waals surface area contributed by atoms with Crippen LogP contribution in [-0.2, 0) is 0 Å². The molecule has 0 N–H and O–H groups in total. The molecule has 0 aliphatic heterocycles. The van der Waals surface area contributed by atoms with Crippen molar-refractivity contribution in [1.82, 2.24) is 9.80 Å². The Bertz CT molecular complexity index is 218. The molecule has 4 aliphatic carbocycles. The summed E-state index contributed by atoms with van der Waals surface area (Å²) in [5.41, 5.74) is 0. The monoisotopic (exact) mass is 222 g/mol. The maximum absolute atomic E-state index is 2.51. The molecule has 0 atom stereocenters. The van der Waals surface area contributed by atoms with Gasteiger partial charge in [0.1, 0.15) is 0 Å². The maximum Gasteiger partial charge on any atom is 0.0146 e. The van der Waals surface area contributed by atoms with E-state index in [0.29, 0.717) is 0 Å². The zero-order valence-corrected chi connectivity index (χ0v) is 11.2. The van der Waals surface area contributed by atoms with E-state index in [9.17, 15) is 0 Å². The van der Waals surface area contributed by atoms with Crippen LogP contribution in [0.15, 0.2) is 0 Å². The van der Waals surface area contributed by atoms with Crippen LogP contribution in [0.2, 0.25) is 0 Å². The van der Waals surface area contributed by atoms with Gasteiger partial charge in [0.25, 0.3) is 0 Å². The van der Waals surface area contributed by atoms with E-state index in [2.05, 4.69) is 38.0 Å². The molecule has 2 nitrogen and oxygen atoms in total. The summed E-state index contributed by atoms with van der Waals surface area (Å²) in [4.78, 5) is 5.02. The van der Waals surface area contributed by atoms with Crippen LogP contribution in [0, 0.1) is 23.7 Å². The summed E-state index contributed by atoms with van der Waals surface area (Å²) in [5.74, 6) is 4.03. The second-order valence-corrected chi connectivity index (χ2v) is 6.89. The third-order valence-corrected chi connectivity index (χ3v) is 5.55. The molecule has 0 spiro atoms. The van der Waals surface area contributed by atoms with Gasteiger partial charge in [0.2, 0.25) is 0 Å². The average molecular weight is 222 g/mol. The number of hydrogen-bond donors (Lipinski definition) is 0. The Labute approximate surface area is 100.0 Å². The second-order valence-electron chi connectivity index (χ2n) is 6.89. The van der Waals surface area contributed by atoms with Crippen LogP contribution in [0.1, 0.15) is 25.7 Å². The van der Waals surface area contributed by atoms with Gasteiger partial charge in [-0.15, -0.1) is 0 Å². The molecule has 0 heterocycles. The maximum atomic E-state index is 2.51. The van der Waals surface area contributed by atoms with Gasteiger partial charge in [-0.25, -0.2) is 0 Å². The first-order valence-corrected chi connectivity index (χ1v) is 6.90. The standard InChI is InChI=1S/C14H26N2/c1-15(2)13-9-5-11-7-10(13)8-12(6-9)14(11)16(3)4/h9-14H,5-8H2,1-4H3. The predicted molar refractivity (Wildman–Crippen MR) is 67.4 cm³/mol. The summed E-state index contributed by atoms with van der Waals surface area (Å²) in [6, 6.07) is 1.80. The van der Waals surface area contributed by atoms with E-state index in [1.807, 2.05) is 0 Å². The summed E-state index contributed by atoms with van der Waals surface area (Å²) < 4.78 is 0. The van der Waals surface area contributed by atoms with Gasteiger partial charge >= 0.3 is 0 Å². The van der Waals surface area contributed by atoms with Gasteiger partial charge in [-0.1, -0.05) is 0 Å². The fourth-order valence-electron chi connectivity index (χ4n) is 5.51. The van der Waals surface area contributed by atoms with Crippen molar-refractivity contribution in [2.75, 3.05) is 28.2 Å². The van der Waals surface area contributed by atoms with Gasteiger partial charge in [0.15, 0.2) is 0 Å². The van der Waals surface area contributed by atoms with Crippen LogP contribution in [-0.4, -0.2) is 50.1 Å². The van der Waals surface area contributed by atoms with Crippen LogP contribution in [0.3, 0.4) is 0 Å². The molecule has 0 unspecified atom stereocenters. The predicted octanol–water partition coefficient (Wildman–Crippen LogP) is 1.91. The highest BCUT2D eigenvalue weighted by molar-refractivity contribution is 5.06. The molecule has 16 heavy (non-hydrogen) atoms. The molecular formula is C14H26N2. The molecule has 92 valence electrons. The largest absolute Gasteiger partial charge is 0.306 e. The Balaban J connectivity index is 1.82. The second kappa shape index (κ2) is 3.71. The van der Waals surface area contributed by atoms with Crippen LogP contribution < -0.4 is 0 Å². The first-order valence-electron chi connectivity index (χ1n) is 6.90. The zero-order valence-electron chi connectivity index (χ0n) is 11.2. The summed E-state index contributed by atoms with van der Waals surface area (Å²) in [6.45, 7) is 0. The summed E-state index contributed by atoms with van der Waals surface area (Å²) in [5, 5.41) is 0. The fourth-order valence-corrected chi connectivity index (χ4v) is 5.51. The minimum atomic E-state index is 0.899. The minimum absolute atomic E-state index is 0.899. The first kappa shape index (κ1) is 11.0. The lowest BCUT2D eigenvalue weighted by atomic mass is 9.51. The van der Waals surface area contributed by atoms with Crippen molar-refractivity contribution >= 4 is 0 Å². The highest BCUT2D eigenvalue weighted by Gasteiger charge is 2.53. The molecule has 4 fully saturated rings. The molecule has 4 rings (SSSR count). The van der Waals surface area contributed by atoms with E-state index in [-0.39, 0.29) is 0 Å². The Morgan fingerprint density at radius 3 is 1.00 bits per heavy atom. The van der Waals surface area contributed by atoms with Crippen molar-refractivity contribution in [3.63, 3.8) is 0 Å². The molecule has 0 aromatic heterocycles. The highest BCUT2D eigenvalue weighted by atomic mass is 15.1. The van der Waals surface area contributed by atoms with Crippen LogP contribution in [0.25, 0.3) is 0 Å². The quantitative estimate of drug-likeness (QED) is 0.704. The van der Waals surface area contributed by atoms with Crippen LogP contribution in [0.4, 0.5) is 0 Å². The summed E-state index contributed by atoms with van der Waals surface area (Å²) in [6.07, 6.45) is 5.99. The third kappa shape index (κ3) is 1.46. The van der Waals surface area contributed by atoms with Crippen molar-refractivity contribution in [1.29, 1.82) is 0 Å². The van der Waals surface area contributed by atoms with E-state index in [1.165, 1.54) is 25.7 Å². The van der Waals surface area contributed by atoms with E-state index >= 15 is 0 Å². The van der Waals surface area contributed by atoms with Crippen molar-refractivity contribution in [3.8, 4) is 0 Å². The number of nitrogens with zero attached hydrogens (tertiary/aromatic N) is 2. The Morgan fingerprint density at radius 1 is 0.562 bits per heavy atom. The molecule has 2 heteroatoms. The van der Waals surface area contributed by atoms with Gasteiger partial charge in [-0.3, -0.25) is 0 Å². The Hall–Kier alpha value is -0.0800. The van der Waals surface area contributed by atoms with Crippen LogP contribution >= 0.6 is 0 Å². The fraction of sp³-hybridized carbons (Fsp3) is 1.00. The molecule has 4 saturated carbocycles. The lowest BCUT2D eigenvalue weighted by molar-refractivity contribution is -0.0953. The Morgan fingerprint density at radius 2 is 0.812 bits per heavy atom. The van der Waals surface area contributed by atoms with Crippen molar-refractivity contribution in [2.24, 2.45) is 23.7 Å². The molecule has 0 saturated heterocycles. The van der Waals surface area contributed by atoms with Gasteiger partial charge in [-0.05, 0) is 77.5 Å². The van der Waals surface area contributed by atoms with Gasteiger partial charge < -0.3 is 9.80 Å². The van der Waals surface area contributed by atoms with Gasteiger partial charge in [-0.2, -0.15) is 0 Å². The van der Waals surface area contributed by atoms with Gasteiger partial charge in [0.05, 0.1) is 0 Å². The molecule has 0 amide bonds. The normalized spacial score (nSPS) is 50.6. The summed E-state index contributed by atoms with van der Waals surface area (Å²) >= 11 is 0. The van der Waals surface area contributed by atoms with Gasteiger partial charge in [0, 0.05) is 12.1 Å². The van der Waals surface area contributed by atoms with Crippen molar-refractivity contribution in [3.05, 3.63) is 0 Å².